The molecule has 0 unspecified atom stereocenters. The summed E-state index contributed by atoms with van der Waals surface area (Å²) >= 11 is 0. The summed E-state index contributed by atoms with van der Waals surface area (Å²) in [6.45, 7) is 1.83. The molecule has 18 heavy (non-hydrogen) atoms. The highest BCUT2D eigenvalue weighted by Crippen LogP contribution is 2.14. The number of carbonyl (C=O) groups is 1. The van der Waals surface area contributed by atoms with Crippen molar-refractivity contribution in [3.8, 4) is 0 Å². The standard InChI is InChI=1S/C11H11NO5S/c1-2-17-11(14)10-6-4-3-5-9(10)7-18(15,16)12-8-13/h3-6H,2,7H2,1H3. The Bertz CT molecular complexity index is 587. The second-order valence-corrected chi connectivity index (χ2v) is 4.92. The second-order valence-electron chi connectivity index (χ2n) is 3.29. The first-order chi connectivity index (χ1) is 8.50. The van der Waals surface area contributed by atoms with E-state index in [4.69, 9.17) is 4.74 Å². The van der Waals surface area contributed by atoms with Crippen LogP contribution in [0.25, 0.3) is 0 Å². The third-order valence-corrected chi connectivity index (χ3v) is 3.06. The number of esters is 1. The summed E-state index contributed by atoms with van der Waals surface area (Å²) in [4.78, 5) is 21.6. The van der Waals surface area contributed by atoms with Crippen molar-refractivity contribution in [3.05, 3.63) is 35.4 Å². The van der Waals surface area contributed by atoms with Crippen molar-refractivity contribution in [1.29, 1.82) is 0 Å². The molecule has 0 aromatic heterocycles. The normalized spacial score (nSPS) is 10.5. The van der Waals surface area contributed by atoms with Crippen LogP contribution in [0.5, 0.6) is 0 Å². The van der Waals surface area contributed by atoms with Gasteiger partial charge in [0.15, 0.2) is 0 Å². The number of hydrogen-bond acceptors (Lipinski definition) is 5. The van der Waals surface area contributed by atoms with Crippen molar-refractivity contribution in [3.63, 3.8) is 0 Å². The quantitative estimate of drug-likeness (QED) is 0.452. The first kappa shape index (κ1) is 14.1. The van der Waals surface area contributed by atoms with E-state index in [0.717, 1.165) is 6.08 Å². The molecule has 1 aromatic carbocycles. The molecule has 0 bridgehead atoms. The van der Waals surface area contributed by atoms with Crippen LogP contribution in [-0.2, 0) is 25.3 Å². The van der Waals surface area contributed by atoms with Gasteiger partial charge >= 0.3 is 5.97 Å². The number of isocyanates is 1. The highest BCUT2D eigenvalue weighted by atomic mass is 32.2. The van der Waals surface area contributed by atoms with E-state index in [1.807, 2.05) is 0 Å². The lowest BCUT2D eigenvalue weighted by Crippen LogP contribution is -2.10. The van der Waals surface area contributed by atoms with E-state index in [2.05, 4.69) is 4.40 Å². The van der Waals surface area contributed by atoms with Crippen molar-refractivity contribution >= 4 is 22.1 Å². The van der Waals surface area contributed by atoms with Crippen molar-refractivity contribution < 1.29 is 22.7 Å². The Labute approximate surface area is 104 Å². The van der Waals surface area contributed by atoms with E-state index < -0.39 is 21.7 Å². The minimum Gasteiger partial charge on any atom is -0.462 e. The first-order valence-electron chi connectivity index (χ1n) is 5.07. The van der Waals surface area contributed by atoms with Gasteiger partial charge in [-0.1, -0.05) is 22.6 Å². The number of sulfonamides is 1. The van der Waals surface area contributed by atoms with Crippen LogP contribution in [0.4, 0.5) is 0 Å². The molecule has 1 aromatic rings. The number of rotatable bonds is 5. The van der Waals surface area contributed by atoms with Crippen molar-refractivity contribution in [2.24, 2.45) is 4.40 Å². The van der Waals surface area contributed by atoms with Crippen LogP contribution in [0.2, 0.25) is 0 Å². The van der Waals surface area contributed by atoms with Gasteiger partial charge in [-0.05, 0) is 18.6 Å². The van der Waals surface area contributed by atoms with Gasteiger partial charge in [-0.25, -0.2) is 18.0 Å². The van der Waals surface area contributed by atoms with Crippen molar-refractivity contribution in [2.75, 3.05) is 6.61 Å². The summed E-state index contributed by atoms with van der Waals surface area (Å²) in [6.07, 6.45) is 0.973. The summed E-state index contributed by atoms with van der Waals surface area (Å²) in [5.74, 6) is -1.16. The van der Waals surface area contributed by atoms with Crippen LogP contribution in [-0.4, -0.2) is 27.1 Å². The monoisotopic (exact) mass is 269 g/mol. The minimum atomic E-state index is -3.96. The molecule has 0 spiro atoms. The summed E-state index contributed by atoms with van der Waals surface area (Å²) in [5.41, 5.74) is 0.374. The summed E-state index contributed by atoms with van der Waals surface area (Å²) in [7, 11) is -3.96. The molecular weight excluding hydrogens is 258 g/mol. The molecule has 0 saturated carbocycles. The highest BCUT2D eigenvalue weighted by Gasteiger charge is 2.17. The molecule has 0 aliphatic carbocycles. The van der Waals surface area contributed by atoms with E-state index in [0.29, 0.717) is 0 Å². The van der Waals surface area contributed by atoms with Crippen molar-refractivity contribution in [2.45, 2.75) is 12.7 Å². The van der Waals surface area contributed by atoms with Gasteiger partial charge < -0.3 is 4.74 Å². The minimum absolute atomic E-state index is 0.143. The maximum absolute atomic E-state index is 11.6. The SMILES string of the molecule is CCOC(=O)c1ccccc1CS(=O)(=O)N=C=O. The second kappa shape index (κ2) is 6.09. The molecule has 0 aliphatic heterocycles. The zero-order valence-electron chi connectivity index (χ0n) is 9.62. The average molecular weight is 269 g/mol. The number of hydrogen-bond donors (Lipinski definition) is 0. The maximum Gasteiger partial charge on any atom is 0.338 e. The predicted octanol–water partition coefficient (Wildman–Crippen LogP) is 1.03. The molecule has 6 nitrogen and oxygen atoms in total. The molecule has 0 amide bonds. The molecule has 0 aliphatic rings. The van der Waals surface area contributed by atoms with Crippen LogP contribution in [0.15, 0.2) is 28.7 Å². The van der Waals surface area contributed by atoms with Gasteiger partial charge in [0.1, 0.15) is 0 Å². The van der Waals surface area contributed by atoms with E-state index in [1.54, 1.807) is 19.1 Å². The zero-order chi connectivity index (χ0) is 13.6. The molecule has 1 rings (SSSR count). The zero-order valence-corrected chi connectivity index (χ0v) is 10.4. The van der Waals surface area contributed by atoms with Gasteiger partial charge in [-0.15, -0.1) is 0 Å². The van der Waals surface area contributed by atoms with E-state index in [9.17, 15) is 18.0 Å². The molecule has 0 atom stereocenters. The molecule has 0 radical (unpaired) electrons. The van der Waals surface area contributed by atoms with Crippen LogP contribution in [0.1, 0.15) is 22.8 Å². The highest BCUT2D eigenvalue weighted by molar-refractivity contribution is 7.89. The molecule has 0 fully saturated rings. The van der Waals surface area contributed by atoms with Gasteiger partial charge in [-0.2, -0.15) is 0 Å². The van der Waals surface area contributed by atoms with Gasteiger partial charge in [0.05, 0.1) is 17.9 Å². The third-order valence-electron chi connectivity index (χ3n) is 2.03. The molecular formula is C11H11NO5S. The Morgan fingerprint density at radius 1 is 1.39 bits per heavy atom. The van der Waals surface area contributed by atoms with Gasteiger partial charge in [-0.3, -0.25) is 0 Å². The van der Waals surface area contributed by atoms with Crippen LogP contribution in [0, 0.1) is 0 Å². The van der Waals surface area contributed by atoms with Gasteiger partial charge in [0, 0.05) is 0 Å². The fourth-order valence-electron chi connectivity index (χ4n) is 1.34. The number of ether oxygens (including phenoxy) is 1. The largest absolute Gasteiger partial charge is 0.462 e. The summed E-state index contributed by atoms with van der Waals surface area (Å²) in [5, 5.41) is 0. The molecule has 0 saturated heterocycles. The van der Waals surface area contributed by atoms with Gasteiger partial charge in [0.2, 0.25) is 0 Å². The molecule has 0 N–H and O–H groups in total. The molecule has 0 heterocycles. The van der Waals surface area contributed by atoms with E-state index in [1.165, 1.54) is 12.1 Å². The smallest absolute Gasteiger partial charge is 0.338 e. The van der Waals surface area contributed by atoms with Crippen molar-refractivity contribution in [1.82, 2.24) is 0 Å². The maximum atomic E-state index is 11.6. The van der Waals surface area contributed by atoms with Crippen LogP contribution < -0.4 is 0 Å². The number of carbonyl (C=O) groups excluding carboxylic acids is 2. The van der Waals surface area contributed by atoms with Gasteiger partial charge in [0.25, 0.3) is 16.1 Å². The summed E-state index contributed by atoms with van der Waals surface area (Å²) < 4.78 is 30.2. The number of benzene rings is 1. The topological polar surface area (TPSA) is 89.9 Å². The van der Waals surface area contributed by atoms with E-state index in [-0.39, 0.29) is 17.7 Å². The predicted molar refractivity (Wildman–Crippen MR) is 63.1 cm³/mol. The molecule has 96 valence electrons. The lowest BCUT2D eigenvalue weighted by molar-refractivity contribution is 0.0525. The molecule has 7 heteroatoms. The Hall–Kier alpha value is -1.98. The third kappa shape index (κ3) is 3.80. The number of nitrogens with zero attached hydrogens (tertiary/aromatic N) is 1. The lowest BCUT2D eigenvalue weighted by Gasteiger charge is -2.06. The fraction of sp³-hybridized carbons (Fsp3) is 0.273. The first-order valence-corrected chi connectivity index (χ1v) is 6.68. The Morgan fingerprint density at radius 2 is 2.06 bits per heavy atom. The average Bonchev–Trinajstić information content (AvgIpc) is 2.29. The fourth-order valence-corrected chi connectivity index (χ4v) is 2.16. The Morgan fingerprint density at radius 3 is 2.67 bits per heavy atom. The Kier molecular flexibility index (Phi) is 4.76. The summed E-state index contributed by atoms with van der Waals surface area (Å²) in [6, 6.07) is 6.08. The van der Waals surface area contributed by atoms with E-state index >= 15 is 0 Å². The van der Waals surface area contributed by atoms with Crippen LogP contribution in [0.3, 0.4) is 0 Å². The lowest BCUT2D eigenvalue weighted by atomic mass is 10.1. The Balaban J connectivity index is 3.10. The van der Waals surface area contributed by atoms with Crippen LogP contribution >= 0.6 is 0 Å².